The molecule has 0 atom stereocenters. The number of hydrogen-bond acceptors (Lipinski definition) is 1. The number of hydrogen-bond donors (Lipinski definition) is 1. The third-order valence-electron chi connectivity index (χ3n) is 11.5. The van der Waals surface area contributed by atoms with Crippen molar-refractivity contribution in [3.63, 3.8) is 0 Å². The molecule has 0 saturated carbocycles. The molecule has 0 aliphatic heterocycles. The first-order valence-corrected chi connectivity index (χ1v) is 19.2. The molecular weight excluding hydrogens is 681 g/mol. The molecule has 8 aromatic carbocycles. The second-order valence-corrected chi connectivity index (χ2v) is 14.7. The number of phenolic OH excluding ortho intramolecular Hbond substituents is 1. The van der Waals surface area contributed by atoms with Crippen molar-refractivity contribution < 1.29 is 5.11 Å². The Hall–Kier alpha value is -7.36. The van der Waals surface area contributed by atoms with Gasteiger partial charge in [0.05, 0.1) is 22.1 Å². The summed E-state index contributed by atoms with van der Waals surface area (Å²) in [5.74, 6) is 0.467. The number of nitrogens with zero attached hydrogens (tertiary/aromatic N) is 2. The lowest BCUT2D eigenvalue weighted by atomic mass is 9.89. The number of para-hydroxylation sites is 3. The van der Waals surface area contributed by atoms with Crippen LogP contribution in [0.15, 0.2) is 206 Å². The number of fused-ring (bicyclic) bond motifs is 6. The highest BCUT2D eigenvalue weighted by atomic mass is 16.3. The van der Waals surface area contributed by atoms with Crippen LogP contribution in [-0.2, 0) is 0 Å². The van der Waals surface area contributed by atoms with Crippen LogP contribution in [0.1, 0.15) is 11.5 Å². The van der Waals surface area contributed by atoms with Gasteiger partial charge in [-0.05, 0) is 112 Å². The van der Waals surface area contributed by atoms with Crippen LogP contribution < -0.4 is 0 Å². The molecule has 11 rings (SSSR count). The smallest absolute Gasteiger partial charge is 0.123 e. The van der Waals surface area contributed by atoms with Crippen molar-refractivity contribution in [2.24, 2.45) is 0 Å². The SMILES string of the molecule is Oc1ccc(-c2ccc3c(c2)c2cc(-c4ccc5c(c4)c4ccccc4n5-c4ccccc4)ccc2n3-c2ccccc2)cc1-c1ccccc1C1C=CC=C1. The molecule has 3 nitrogen and oxygen atoms in total. The molecule has 10 aromatic rings. The molecule has 3 heteroatoms. The molecule has 56 heavy (non-hydrogen) atoms. The quantitative estimate of drug-likeness (QED) is 0.182. The molecular formula is C53H36N2O. The highest BCUT2D eigenvalue weighted by Crippen LogP contribution is 2.42. The lowest BCUT2D eigenvalue weighted by molar-refractivity contribution is 0.477. The van der Waals surface area contributed by atoms with Gasteiger partial charge in [0.2, 0.25) is 0 Å². The third-order valence-corrected chi connectivity index (χ3v) is 11.5. The first kappa shape index (κ1) is 32.1. The van der Waals surface area contributed by atoms with E-state index >= 15 is 0 Å². The largest absolute Gasteiger partial charge is 0.507 e. The van der Waals surface area contributed by atoms with Gasteiger partial charge in [-0.1, -0.05) is 127 Å². The zero-order chi connectivity index (χ0) is 37.2. The van der Waals surface area contributed by atoms with E-state index in [0.29, 0.717) is 0 Å². The first-order valence-electron chi connectivity index (χ1n) is 19.2. The summed E-state index contributed by atoms with van der Waals surface area (Å²) in [6, 6.07) is 64.9. The summed E-state index contributed by atoms with van der Waals surface area (Å²) in [6.07, 6.45) is 8.58. The Morgan fingerprint density at radius 3 is 1.39 bits per heavy atom. The maximum absolute atomic E-state index is 11.2. The van der Waals surface area contributed by atoms with Crippen LogP contribution in [0.3, 0.4) is 0 Å². The summed E-state index contributed by atoms with van der Waals surface area (Å²) in [5, 5.41) is 16.1. The van der Waals surface area contributed by atoms with E-state index in [2.05, 4.69) is 203 Å². The summed E-state index contributed by atoms with van der Waals surface area (Å²) in [7, 11) is 0. The van der Waals surface area contributed by atoms with E-state index in [1.165, 1.54) is 49.3 Å². The van der Waals surface area contributed by atoms with Crippen LogP contribution in [0.25, 0.3) is 88.4 Å². The Morgan fingerprint density at radius 1 is 0.357 bits per heavy atom. The van der Waals surface area contributed by atoms with Gasteiger partial charge in [0.25, 0.3) is 0 Å². The van der Waals surface area contributed by atoms with Crippen molar-refractivity contribution in [1.82, 2.24) is 9.13 Å². The Balaban J connectivity index is 1.09. The van der Waals surface area contributed by atoms with Crippen LogP contribution >= 0.6 is 0 Å². The molecule has 0 fully saturated rings. The Morgan fingerprint density at radius 2 is 0.804 bits per heavy atom. The lowest BCUT2D eigenvalue weighted by Crippen LogP contribution is -1.94. The fourth-order valence-corrected chi connectivity index (χ4v) is 8.85. The van der Waals surface area contributed by atoms with Crippen molar-refractivity contribution in [1.29, 1.82) is 0 Å². The van der Waals surface area contributed by atoms with Crippen LogP contribution in [0.4, 0.5) is 0 Å². The van der Waals surface area contributed by atoms with Gasteiger partial charge in [0.1, 0.15) is 5.75 Å². The molecule has 0 bridgehead atoms. The molecule has 0 unspecified atom stereocenters. The van der Waals surface area contributed by atoms with Crippen molar-refractivity contribution in [3.05, 3.63) is 212 Å². The molecule has 0 saturated heterocycles. The minimum atomic E-state index is 0.187. The van der Waals surface area contributed by atoms with Gasteiger partial charge in [0.15, 0.2) is 0 Å². The van der Waals surface area contributed by atoms with E-state index in [4.69, 9.17) is 0 Å². The minimum Gasteiger partial charge on any atom is -0.507 e. The number of aromatic nitrogens is 2. The number of phenols is 1. The highest BCUT2D eigenvalue weighted by molar-refractivity contribution is 6.13. The Kier molecular flexibility index (Phi) is 7.39. The summed E-state index contributed by atoms with van der Waals surface area (Å²) >= 11 is 0. The van der Waals surface area contributed by atoms with Gasteiger partial charge in [-0.2, -0.15) is 0 Å². The van der Waals surface area contributed by atoms with Crippen LogP contribution in [-0.4, -0.2) is 14.2 Å². The van der Waals surface area contributed by atoms with Crippen molar-refractivity contribution >= 4 is 43.6 Å². The van der Waals surface area contributed by atoms with Gasteiger partial charge in [-0.3, -0.25) is 0 Å². The van der Waals surface area contributed by atoms with Gasteiger partial charge < -0.3 is 14.2 Å². The Bertz CT molecular complexity index is 3190. The topological polar surface area (TPSA) is 30.1 Å². The van der Waals surface area contributed by atoms with Gasteiger partial charge in [-0.15, -0.1) is 0 Å². The fraction of sp³-hybridized carbons (Fsp3) is 0.0189. The maximum atomic E-state index is 11.2. The average molecular weight is 717 g/mol. The van der Waals surface area contributed by atoms with E-state index in [1.807, 2.05) is 12.1 Å². The molecule has 1 aliphatic rings. The normalized spacial score (nSPS) is 12.9. The lowest BCUT2D eigenvalue weighted by Gasteiger charge is -2.15. The predicted octanol–water partition coefficient (Wildman–Crippen LogP) is 13.8. The van der Waals surface area contributed by atoms with Crippen molar-refractivity contribution in [3.8, 4) is 50.5 Å². The molecule has 0 amide bonds. The number of aromatic hydroxyl groups is 1. The third kappa shape index (κ3) is 5.13. The van der Waals surface area contributed by atoms with E-state index < -0.39 is 0 Å². The zero-order valence-corrected chi connectivity index (χ0v) is 30.5. The summed E-state index contributed by atoms with van der Waals surface area (Å²) in [6.45, 7) is 0. The van der Waals surface area contributed by atoms with E-state index in [-0.39, 0.29) is 11.7 Å². The zero-order valence-electron chi connectivity index (χ0n) is 30.5. The molecule has 2 heterocycles. The van der Waals surface area contributed by atoms with Crippen LogP contribution in [0, 0.1) is 0 Å². The molecule has 0 spiro atoms. The fourth-order valence-electron chi connectivity index (χ4n) is 8.85. The monoisotopic (exact) mass is 716 g/mol. The molecule has 1 aliphatic carbocycles. The number of rotatable bonds is 6. The van der Waals surface area contributed by atoms with E-state index in [9.17, 15) is 5.11 Å². The second kappa shape index (κ2) is 12.9. The van der Waals surface area contributed by atoms with Crippen LogP contribution in [0.2, 0.25) is 0 Å². The van der Waals surface area contributed by atoms with Crippen LogP contribution in [0.5, 0.6) is 5.75 Å². The predicted molar refractivity (Wildman–Crippen MR) is 234 cm³/mol. The maximum Gasteiger partial charge on any atom is 0.123 e. The van der Waals surface area contributed by atoms with Crippen molar-refractivity contribution in [2.75, 3.05) is 0 Å². The van der Waals surface area contributed by atoms with Gasteiger partial charge in [-0.25, -0.2) is 0 Å². The summed E-state index contributed by atoms with van der Waals surface area (Å²) in [4.78, 5) is 0. The van der Waals surface area contributed by atoms with Gasteiger partial charge >= 0.3 is 0 Å². The summed E-state index contributed by atoms with van der Waals surface area (Å²) < 4.78 is 4.73. The number of benzene rings is 8. The highest BCUT2D eigenvalue weighted by Gasteiger charge is 2.19. The molecule has 2 aromatic heterocycles. The molecule has 264 valence electrons. The van der Waals surface area contributed by atoms with Crippen molar-refractivity contribution in [2.45, 2.75) is 5.92 Å². The van der Waals surface area contributed by atoms with E-state index in [1.54, 1.807) is 0 Å². The molecule has 1 N–H and O–H groups in total. The standard InChI is InChI=1S/C53H36N2O/c56-53-30-26-39(34-48(53)43-20-10-9-19-42(43)35-13-7-8-14-35)38-25-29-52-47(33-38)46-32-37(24-28-51(46)55(52)41-17-5-2-6-18-41)36-23-27-50-45(31-36)44-21-11-12-22-49(44)54(50)40-15-3-1-4-16-40/h1-35,56H. The van der Waals surface area contributed by atoms with Gasteiger partial charge in [0, 0.05) is 44.4 Å². The Labute approximate surface area is 325 Å². The molecule has 0 radical (unpaired) electrons. The van der Waals surface area contributed by atoms with E-state index in [0.717, 1.165) is 44.7 Å². The second-order valence-electron chi connectivity index (χ2n) is 14.7. The first-order chi connectivity index (χ1) is 27.7. The average Bonchev–Trinajstić information content (AvgIpc) is 4.00. The number of allylic oxidation sites excluding steroid dienone is 4. The summed E-state index contributed by atoms with van der Waals surface area (Å²) in [5.41, 5.74) is 14.6. The minimum absolute atomic E-state index is 0.187.